The number of aromatic nitrogens is 1. The van der Waals surface area contributed by atoms with Gasteiger partial charge in [-0.3, -0.25) is 0 Å². The minimum absolute atomic E-state index is 0.269. The average molecular weight is 285 g/mol. The minimum Gasteiger partial charge on any atom is -0.382 e. The summed E-state index contributed by atoms with van der Waals surface area (Å²) in [5.41, 5.74) is 12.4. The fourth-order valence-electron chi connectivity index (χ4n) is 4.05. The predicted octanol–water partition coefficient (Wildman–Crippen LogP) is 2.54. The first-order valence-corrected chi connectivity index (χ1v) is 7.03. The lowest BCUT2D eigenvalue weighted by atomic mass is 10.0. The first kappa shape index (κ1) is 11.0. The van der Waals surface area contributed by atoms with E-state index in [1.54, 1.807) is 0 Å². The summed E-state index contributed by atoms with van der Waals surface area (Å²) in [7, 11) is 0. The van der Waals surface area contributed by atoms with Gasteiger partial charge in [0.1, 0.15) is 21.7 Å². The number of rotatable bonds is 1. The van der Waals surface area contributed by atoms with E-state index in [0.29, 0.717) is 22.1 Å². The molecule has 2 saturated carbocycles. The second-order valence-corrected chi connectivity index (χ2v) is 6.34. The number of halogens is 2. The van der Waals surface area contributed by atoms with E-state index in [0.717, 1.165) is 17.5 Å². The van der Waals surface area contributed by atoms with Crippen LogP contribution in [0.2, 0.25) is 10.0 Å². The van der Waals surface area contributed by atoms with Crippen LogP contribution in [-0.2, 0) is 0 Å². The molecule has 1 aromatic rings. The standard InChI is InChI=1S/C12H14Cl2N4/c13-6-10(7(14)12(16)17-11(6)15)18-8-4-1-2-5(3-4)9(8)18/h4-5,8-9H,1-3H2,(H4,15,16,17). The Morgan fingerprint density at radius 3 is 2.00 bits per heavy atom. The van der Waals surface area contributed by atoms with Crippen molar-refractivity contribution in [3.63, 3.8) is 0 Å². The fraction of sp³-hybridized carbons (Fsp3) is 0.583. The van der Waals surface area contributed by atoms with Gasteiger partial charge in [0.05, 0.1) is 17.8 Å². The quantitative estimate of drug-likeness (QED) is 0.778. The Kier molecular flexibility index (Phi) is 2.06. The van der Waals surface area contributed by atoms with Crippen LogP contribution < -0.4 is 16.4 Å². The zero-order valence-corrected chi connectivity index (χ0v) is 11.2. The van der Waals surface area contributed by atoms with Crippen LogP contribution in [-0.4, -0.2) is 17.1 Å². The number of nitrogens with two attached hydrogens (primary N) is 2. The third kappa shape index (κ3) is 1.20. The zero-order valence-electron chi connectivity index (χ0n) is 9.74. The van der Waals surface area contributed by atoms with Crippen LogP contribution >= 0.6 is 23.2 Å². The summed E-state index contributed by atoms with van der Waals surface area (Å²) >= 11 is 12.5. The molecule has 3 fully saturated rings. The number of nitrogens with zero attached hydrogens (tertiary/aromatic N) is 2. The summed E-state index contributed by atoms with van der Waals surface area (Å²) in [6.07, 6.45) is 4.01. The van der Waals surface area contributed by atoms with E-state index in [-0.39, 0.29) is 11.6 Å². The molecule has 1 saturated heterocycles. The van der Waals surface area contributed by atoms with E-state index < -0.39 is 0 Å². The zero-order chi connectivity index (χ0) is 12.6. The average Bonchev–Trinajstić information content (AvgIpc) is 2.77. The van der Waals surface area contributed by atoms with Gasteiger partial charge in [-0.25, -0.2) is 4.98 Å². The van der Waals surface area contributed by atoms with Crippen molar-refractivity contribution in [1.82, 2.24) is 4.98 Å². The van der Waals surface area contributed by atoms with Crippen LogP contribution in [0.15, 0.2) is 0 Å². The van der Waals surface area contributed by atoms with Crippen LogP contribution in [0.5, 0.6) is 0 Å². The lowest BCUT2D eigenvalue weighted by Gasteiger charge is -2.18. The molecule has 2 bridgehead atoms. The molecular formula is C12H14Cl2N4. The molecule has 18 heavy (non-hydrogen) atoms. The first-order chi connectivity index (χ1) is 8.59. The molecule has 1 aromatic heterocycles. The van der Waals surface area contributed by atoms with Crippen LogP contribution in [0, 0.1) is 11.8 Å². The van der Waals surface area contributed by atoms with Crippen LogP contribution in [0.4, 0.5) is 17.3 Å². The Balaban J connectivity index is 1.79. The second-order valence-electron chi connectivity index (χ2n) is 5.58. The number of pyridine rings is 1. The molecule has 4 atom stereocenters. The van der Waals surface area contributed by atoms with E-state index in [1.807, 2.05) is 0 Å². The lowest BCUT2D eigenvalue weighted by molar-refractivity contribution is 0.546. The van der Waals surface area contributed by atoms with Crippen molar-refractivity contribution in [3.8, 4) is 0 Å². The Hall–Kier alpha value is -0.870. The molecule has 96 valence electrons. The number of hydrogen-bond donors (Lipinski definition) is 2. The van der Waals surface area contributed by atoms with E-state index in [2.05, 4.69) is 9.88 Å². The number of nitrogen functional groups attached to an aromatic ring is 2. The summed E-state index contributed by atoms with van der Waals surface area (Å²) in [6.45, 7) is 0. The van der Waals surface area contributed by atoms with Gasteiger partial charge in [-0.15, -0.1) is 0 Å². The van der Waals surface area contributed by atoms with Crippen LogP contribution in [0.3, 0.4) is 0 Å². The maximum atomic E-state index is 6.26. The van der Waals surface area contributed by atoms with E-state index >= 15 is 0 Å². The first-order valence-electron chi connectivity index (χ1n) is 6.28. The molecule has 0 aromatic carbocycles. The largest absolute Gasteiger partial charge is 0.382 e. The van der Waals surface area contributed by atoms with Crippen molar-refractivity contribution >= 4 is 40.5 Å². The van der Waals surface area contributed by atoms with Gasteiger partial charge in [-0.1, -0.05) is 23.2 Å². The maximum Gasteiger partial charge on any atom is 0.146 e. The summed E-state index contributed by atoms with van der Waals surface area (Å²) in [5.74, 6) is 2.13. The molecule has 4 nitrogen and oxygen atoms in total. The molecule has 4 N–H and O–H groups in total. The predicted molar refractivity (Wildman–Crippen MR) is 74.0 cm³/mol. The summed E-state index contributed by atoms with van der Waals surface area (Å²) < 4.78 is 0. The van der Waals surface area contributed by atoms with E-state index in [9.17, 15) is 0 Å². The number of anilines is 3. The van der Waals surface area contributed by atoms with E-state index in [1.165, 1.54) is 19.3 Å². The van der Waals surface area contributed by atoms with Crippen molar-refractivity contribution in [2.24, 2.45) is 11.8 Å². The third-order valence-electron chi connectivity index (χ3n) is 4.75. The molecule has 0 spiro atoms. The van der Waals surface area contributed by atoms with Gasteiger partial charge in [0, 0.05) is 0 Å². The molecular weight excluding hydrogens is 271 g/mol. The molecule has 1 aliphatic heterocycles. The Bertz CT molecular complexity index is 505. The van der Waals surface area contributed by atoms with Gasteiger partial charge in [0.15, 0.2) is 0 Å². The highest BCUT2D eigenvalue weighted by Crippen LogP contribution is 2.62. The van der Waals surface area contributed by atoms with Gasteiger partial charge in [-0.2, -0.15) is 0 Å². The molecule has 0 radical (unpaired) electrons. The smallest absolute Gasteiger partial charge is 0.146 e. The number of fused-ring (bicyclic) bond motifs is 5. The highest BCUT2D eigenvalue weighted by Gasteiger charge is 2.64. The molecule has 2 aliphatic carbocycles. The van der Waals surface area contributed by atoms with Crippen molar-refractivity contribution < 1.29 is 0 Å². The minimum atomic E-state index is 0.269. The highest BCUT2D eigenvalue weighted by molar-refractivity contribution is 6.42. The lowest BCUT2D eigenvalue weighted by Crippen LogP contribution is -2.13. The summed E-state index contributed by atoms with van der Waals surface area (Å²) in [4.78, 5) is 6.27. The van der Waals surface area contributed by atoms with E-state index in [4.69, 9.17) is 34.7 Å². The van der Waals surface area contributed by atoms with Crippen molar-refractivity contribution in [2.45, 2.75) is 31.3 Å². The Morgan fingerprint density at radius 2 is 1.50 bits per heavy atom. The SMILES string of the molecule is Nc1nc(N)c(Cl)c(N2C3C4CCC(C4)C32)c1Cl. The molecule has 2 heterocycles. The highest BCUT2D eigenvalue weighted by atomic mass is 35.5. The van der Waals surface area contributed by atoms with Crippen molar-refractivity contribution in [1.29, 1.82) is 0 Å². The Labute approximate surface area is 115 Å². The third-order valence-corrected chi connectivity index (χ3v) is 5.49. The van der Waals surface area contributed by atoms with Crippen molar-refractivity contribution in [2.75, 3.05) is 16.4 Å². The summed E-state index contributed by atoms with van der Waals surface area (Å²) in [5, 5.41) is 0.894. The number of hydrogen-bond acceptors (Lipinski definition) is 4. The normalized spacial score (nSPS) is 36.0. The molecule has 6 heteroatoms. The molecule has 4 unspecified atom stereocenters. The number of piperidine rings is 1. The van der Waals surface area contributed by atoms with Gasteiger partial charge >= 0.3 is 0 Å². The van der Waals surface area contributed by atoms with Gasteiger partial charge in [0.2, 0.25) is 0 Å². The molecule has 0 amide bonds. The van der Waals surface area contributed by atoms with Gasteiger partial charge in [0.25, 0.3) is 0 Å². The molecule has 3 aliphatic rings. The maximum absolute atomic E-state index is 6.26. The van der Waals surface area contributed by atoms with Crippen LogP contribution in [0.1, 0.15) is 19.3 Å². The fourth-order valence-corrected chi connectivity index (χ4v) is 4.56. The monoisotopic (exact) mass is 284 g/mol. The summed E-state index contributed by atoms with van der Waals surface area (Å²) in [6, 6.07) is 1.19. The van der Waals surface area contributed by atoms with Crippen LogP contribution in [0.25, 0.3) is 0 Å². The topological polar surface area (TPSA) is 67.9 Å². The second kappa shape index (κ2) is 3.36. The Morgan fingerprint density at radius 1 is 1.00 bits per heavy atom. The molecule has 4 rings (SSSR count). The van der Waals surface area contributed by atoms with Gasteiger partial charge < -0.3 is 16.4 Å². The van der Waals surface area contributed by atoms with Crippen molar-refractivity contribution in [3.05, 3.63) is 10.0 Å². The van der Waals surface area contributed by atoms with Gasteiger partial charge in [-0.05, 0) is 31.1 Å².